The maximum absolute atomic E-state index is 13.4. The first-order valence-corrected chi connectivity index (χ1v) is 11.5. The highest BCUT2D eigenvalue weighted by molar-refractivity contribution is 5.99. The molecule has 0 N–H and O–H groups in total. The summed E-state index contributed by atoms with van der Waals surface area (Å²) in [5.74, 6) is 0.264. The molecule has 3 aliphatic heterocycles. The Labute approximate surface area is 189 Å². The van der Waals surface area contributed by atoms with Crippen molar-refractivity contribution in [1.29, 1.82) is 0 Å². The Morgan fingerprint density at radius 2 is 2.06 bits per heavy atom. The van der Waals surface area contributed by atoms with Crippen molar-refractivity contribution in [2.75, 3.05) is 19.6 Å². The first-order chi connectivity index (χ1) is 15.5. The van der Waals surface area contributed by atoms with E-state index >= 15 is 0 Å². The van der Waals surface area contributed by atoms with Gasteiger partial charge in [0.15, 0.2) is 0 Å². The van der Waals surface area contributed by atoms with E-state index in [2.05, 4.69) is 66.3 Å². The molecular weight excluding hydrogens is 396 g/mol. The van der Waals surface area contributed by atoms with E-state index < -0.39 is 0 Å². The fourth-order valence-electron chi connectivity index (χ4n) is 4.80. The number of likely N-dealkylation sites (N-methyl/N-ethyl adjacent to an activating group) is 1. The third kappa shape index (κ3) is 3.78. The number of aryl methyl sites for hydroxylation is 1. The number of fused-ring (bicyclic) bond motifs is 2. The number of carbonyl (C=O) groups is 1. The van der Waals surface area contributed by atoms with Crippen LogP contribution >= 0.6 is 0 Å². The van der Waals surface area contributed by atoms with Gasteiger partial charge in [-0.2, -0.15) is 5.10 Å². The number of hydrogen-bond donors (Lipinski definition) is 0. The minimum Gasteiger partial charge on any atom is -0.300 e. The van der Waals surface area contributed by atoms with Crippen LogP contribution in [0, 0.1) is 5.92 Å². The summed E-state index contributed by atoms with van der Waals surface area (Å²) in [6, 6.07) is 6.34. The van der Waals surface area contributed by atoms with Gasteiger partial charge in [-0.25, -0.2) is 0 Å². The van der Waals surface area contributed by atoms with Crippen molar-refractivity contribution in [3.05, 3.63) is 83.4 Å². The van der Waals surface area contributed by atoms with Crippen LogP contribution in [0.15, 0.2) is 77.8 Å². The minimum absolute atomic E-state index is 0.0116. The number of hydrogen-bond acceptors (Lipinski definition) is 3. The second-order valence-electron chi connectivity index (χ2n) is 8.91. The SMILES string of the molecule is CCN1CC=C(C2=CN3C(=O)C=C(c4ccc5c(cnn5C)c4)C(C)CC=C3C=C2)CC1. The van der Waals surface area contributed by atoms with Crippen LogP contribution in [0.3, 0.4) is 0 Å². The smallest absolute Gasteiger partial charge is 0.255 e. The molecular formula is C27H30N4O. The molecule has 0 fully saturated rings. The Morgan fingerprint density at radius 1 is 1.19 bits per heavy atom. The lowest BCUT2D eigenvalue weighted by Crippen LogP contribution is -2.30. The number of rotatable bonds is 3. The lowest BCUT2D eigenvalue weighted by molar-refractivity contribution is -0.122. The quantitative estimate of drug-likeness (QED) is 0.707. The first kappa shape index (κ1) is 20.7. The van der Waals surface area contributed by atoms with E-state index in [1.165, 1.54) is 5.57 Å². The van der Waals surface area contributed by atoms with Gasteiger partial charge in [0.05, 0.1) is 11.7 Å². The summed E-state index contributed by atoms with van der Waals surface area (Å²) in [6.45, 7) is 7.52. The van der Waals surface area contributed by atoms with Gasteiger partial charge in [0.25, 0.3) is 5.91 Å². The molecule has 2 aromatic rings. The summed E-state index contributed by atoms with van der Waals surface area (Å²) in [6.07, 6.45) is 16.4. The van der Waals surface area contributed by atoms with Crippen LogP contribution in [0.5, 0.6) is 0 Å². The second-order valence-corrected chi connectivity index (χ2v) is 8.91. The molecule has 1 aromatic carbocycles. The van der Waals surface area contributed by atoms with Gasteiger partial charge in [-0.05, 0) is 65.8 Å². The van der Waals surface area contributed by atoms with Gasteiger partial charge in [-0.1, -0.05) is 38.1 Å². The van der Waals surface area contributed by atoms with Crippen LogP contribution in [-0.2, 0) is 11.8 Å². The van der Waals surface area contributed by atoms with Crippen LogP contribution in [0.1, 0.15) is 32.3 Å². The summed E-state index contributed by atoms with van der Waals surface area (Å²) in [7, 11) is 1.95. The highest BCUT2D eigenvalue weighted by Gasteiger charge is 2.24. The van der Waals surface area contributed by atoms with Crippen molar-refractivity contribution < 1.29 is 4.79 Å². The number of amides is 1. The summed E-state index contributed by atoms with van der Waals surface area (Å²) in [4.78, 5) is 17.7. The van der Waals surface area contributed by atoms with Crippen molar-refractivity contribution in [1.82, 2.24) is 19.6 Å². The number of benzene rings is 1. The predicted octanol–water partition coefficient (Wildman–Crippen LogP) is 4.81. The minimum atomic E-state index is 0.0116. The molecule has 5 heteroatoms. The Bertz CT molecular complexity index is 1220. The molecule has 32 heavy (non-hydrogen) atoms. The second kappa shape index (κ2) is 8.40. The number of allylic oxidation sites excluding steroid dienone is 5. The standard InChI is InChI=1S/C27H30N4O/c1-4-30-13-11-20(12-14-30)22-6-9-24-8-5-19(2)25(16-27(32)31(24)18-22)21-7-10-26-23(15-21)17-28-29(26)3/h6-11,15-19H,4-5,12-14H2,1-3H3. The van der Waals surface area contributed by atoms with Gasteiger partial charge in [0, 0.05) is 43.5 Å². The van der Waals surface area contributed by atoms with Gasteiger partial charge >= 0.3 is 0 Å². The van der Waals surface area contributed by atoms with Crippen LogP contribution < -0.4 is 0 Å². The summed E-state index contributed by atoms with van der Waals surface area (Å²) in [5.41, 5.74) is 6.71. The molecule has 0 bridgehead atoms. The van der Waals surface area contributed by atoms with Gasteiger partial charge in [-0.3, -0.25) is 19.3 Å². The summed E-state index contributed by atoms with van der Waals surface area (Å²) < 4.78 is 1.88. The Hall–Kier alpha value is -3.18. The van der Waals surface area contributed by atoms with Crippen molar-refractivity contribution in [3.8, 4) is 0 Å². The van der Waals surface area contributed by atoms with Gasteiger partial charge < -0.3 is 0 Å². The van der Waals surface area contributed by atoms with Gasteiger partial charge in [0.2, 0.25) is 0 Å². The number of carbonyl (C=O) groups excluding carboxylic acids is 1. The maximum atomic E-state index is 13.4. The highest BCUT2D eigenvalue weighted by Crippen LogP contribution is 2.33. The average Bonchev–Trinajstić information content (AvgIpc) is 3.20. The molecule has 0 saturated carbocycles. The average molecular weight is 427 g/mol. The fourth-order valence-corrected chi connectivity index (χ4v) is 4.80. The molecule has 0 saturated heterocycles. The predicted molar refractivity (Wildman–Crippen MR) is 129 cm³/mol. The van der Waals surface area contributed by atoms with Crippen LogP contribution in [0.25, 0.3) is 16.5 Å². The topological polar surface area (TPSA) is 41.4 Å². The Balaban J connectivity index is 1.47. The van der Waals surface area contributed by atoms with Crippen molar-refractivity contribution in [2.24, 2.45) is 13.0 Å². The van der Waals surface area contributed by atoms with E-state index in [9.17, 15) is 4.79 Å². The molecule has 3 aliphatic rings. The third-order valence-corrected chi connectivity index (χ3v) is 6.90. The fraction of sp³-hybridized carbons (Fsp3) is 0.333. The zero-order chi connectivity index (χ0) is 22.2. The third-order valence-electron chi connectivity index (χ3n) is 6.90. The highest BCUT2D eigenvalue weighted by atomic mass is 16.2. The lowest BCUT2D eigenvalue weighted by Gasteiger charge is -2.30. The van der Waals surface area contributed by atoms with Gasteiger partial charge in [0.1, 0.15) is 0 Å². The van der Waals surface area contributed by atoms with E-state index in [-0.39, 0.29) is 11.8 Å². The van der Waals surface area contributed by atoms with Crippen LogP contribution in [0.2, 0.25) is 0 Å². The molecule has 5 nitrogen and oxygen atoms in total. The Kier molecular flexibility index (Phi) is 5.43. The maximum Gasteiger partial charge on any atom is 0.255 e. The molecule has 0 radical (unpaired) electrons. The molecule has 1 amide bonds. The van der Waals surface area contributed by atoms with E-state index in [1.807, 2.05) is 35.1 Å². The van der Waals surface area contributed by atoms with Crippen molar-refractivity contribution >= 4 is 22.4 Å². The zero-order valence-corrected chi connectivity index (χ0v) is 19.1. The molecule has 164 valence electrons. The van der Waals surface area contributed by atoms with Crippen molar-refractivity contribution in [3.63, 3.8) is 0 Å². The molecule has 1 aromatic heterocycles. The summed E-state index contributed by atoms with van der Waals surface area (Å²) >= 11 is 0. The molecule has 5 rings (SSSR count). The molecule has 4 heterocycles. The van der Waals surface area contributed by atoms with Gasteiger partial charge in [-0.15, -0.1) is 0 Å². The normalized spacial score (nSPS) is 22.0. The van der Waals surface area contributed by atoms with E-state index in [0.29, 0.717) is 0 Å². The zero-order valence-electron chi connectivity index (χ0n) is 19.1. The van der Waals surface area contributed by atoms with E-state index in [4.69, 9.17) is 0 Å². The first-order valence-electron chi connectivity index (χ1n) is 11.5. The van der Waals surface area contributed by atoms with Crippen molar-refractivity contribution in [2.45, 2.75) is 26.7 Å². The Morgan fingerprint density at radius 3 is 2.84 bits per heavy atom. The molecule has 0 aliphatic carbocycles. The van der Waals surface area contributed by atoms with Crippen LogP contribution in [-0.4, -0.2) is 45.1 Å². The lowest BCUT2D eigenvalue weighted by atomic mass is 9.88. The summed E-state index contributed by atoms with van der Waals surface area (Å²) in [5, 5.41) is 5.45. The number of nitrogens with zero attached hydrogens (tertiary/aromatic N) is 4. The molecule has 1 unspecified atom stereocenters. The number of aromatic nitrogens is 2. The largest absolute Gasteiger partial charge is 0.300 e. The molecule has 0 spiro atoms. The van der Waals surface area contributed by atoms with E-state index in [1.54, 1.807) is 0 Å². The van der Waals surface area contributed by atoms with Crippen LogP contribution in [0.4, 0.5) is 0 Å². The molecule has 1 atom stereocenters. The van der Waals surface area contributed by atoms with E-state index in [0.717, 1.165) is 65.8 Å². The monoisotopic (exact) mass is 426 g/mol.